The third-order valence-electron chi connectivity index (χ3n) is 3.10. The molecule has 0 fully saturated rings. The van der Waals surface area contributed by atoms with Gasteiger partial charge in [-0.05, 0) is 31.5 Å². The van der Waals surface area contributed by atoms with E-state index in [1.54, 1.807) is 6.92 Å². The number of rotatable bonds is 5. The van der Waals surface area contributed by atoms with E-state index in [4.69, 9.17) is 22.7 Å². The minimum atomic E-state index is -0.956. The zero-order valence-electron chi connectivity index (χ0n) is 11.1. The van der Waals surface area contributed by atoms with Gasteiger partial charge in [-0.3, -0.25) is 4.79 Å². The molecule has 3 N–H and O–H groups in total. The molecule has 0 bridgehead atoms. The van der Waals surface area contributed by atoms with Gasteiger partial charge in [0.1, 0.15) is 16.4 Å². The minimum absolute atomic E-state index is 0.0189. The van der Waals surface area contributed by atoms with Crippen molar-refractivity contribution in [3.8, 4) is 0 Å². The maximum Gasteiger partial charge on any atom is 0.256 e. The van der Waals surface area contributed by atoms with Crippen LogP contribution in [0.15, 0.2) is 18.2 Å². The maximum atomic E-state index is 13.2. The summed E-state index contributed by atoms with van der Waals surface area (Å²) < 4.78 is 18.4. The van der Waals surface area contributed by atoms with Gasteiger partial charge in [0.25, 0.3) is 5.91 Å². The van der Waals surface area contributed by atoms with Crippen LogP contribution in [-0.2, 0) is 9.53 Å². The lowest BCUT2D eigenvalue weighted by molar-refractivity contribution is -0.136. The van der Waals surface area contributed by atoms with E-state index in [0.717, 1.165) is 0 Å². The van der Waals surface area contributed by atoms with Gasteiger partial charge in [-0.1, -0.05) is 19.1 Å². The van der Waals surface area contributed by atoms with E-state index in [1.165, 1.54) is 25.3 Å². The molecule has 0 spiro atoms. The lowest BCUT2D eigenvalue weighted by Crippen LogP contribution is -2.41. The topological polar surface area (TPSA) is 64.3 Å². The highest BCUT2D eigenvalue weighted by Crippen LogP contribution is 2.21. The number of halogens is 1. The first-order valence-corrected chi connectivity index (χ1v) is 6.21. The normalized spacial score (nSPS) is 13.7. The number of nitrogens with two attached hydrogens (primary N) is 1. The molecule has 6 heteroatoms. The fourth-order valence-electron chi connectivity index (χ4n) is 1.48. The molecule has 19 heavy (non-hydrogen) atoms. The Hall–Kier alpha value is -1.53. The summed E-state index contributed by atoms with van der Waals surface area (Å²) in [4.78, 5) is 12.2. The van der Waals surface area contributed by atoms with Crippen LogP contribution >= 0.6 is 12.2 Å². The number of benzene rings is 1. The van der Waals surface area contributed by atoms with Crippen LogP contribution in [0.3, 0.4) is 0 Å². The number of anilines is 1. The second-order valence-corrected chi connectivity index (χ2v) is 4.74. The summed E-state index contributed by atoms with van der Waals surface area (Å²) in [5, 5.41) is 2.66. The standard InChI is InChI=1S/C13H17FN2O2S/c1-4-13(2,18-3)12(17)16-10-6-5-8(14)7-9(10)11(15)19/h5-7H,4H2,1-3H3,(H2,15,19)(H,16,17). The monoisotopic (exact) mass is 284 g/mol. The van der Waals surface area contributed by atoms with Crippen molar-refractivity contribution in [3.05, 3.63) is 29.6 Å². The summed E-state index contributed by atoms with van der Waals surface area (Å²) in [5.74, 6) is -0.799. The number of carbonyl (C=O) groups excluding carboxylic acids is 1. The number of nitrogens with one attached hydrogen (secondary N) is 1. The third kappa shape index (κ3) is 3.48. The van der Waals surface area contributed by atoms with Crippen LogP contribution in [0.5, 0.6) is 0 Å². The minimum Gasteiger partial charge on any atom is -0.389 e. The SMILES string of the molecule is CCC(C)(OC)C(=O)Nc1ccc(F)cc1C(N)=S. The van der Waals surface area contributed by atoms with Crippen molar-refractivity contribution in [2.45, 2.75) is 25.9 Å². The Balaban J connectivity index is 3.06. The van der Waals surface area contributed by atoms with Crippen molar-refractivity contribution < 1.29 is 13.9 Å². The summed E-state index contributed by atoms with van der Waals surface area (Å²) in [6.45, 7) is 3.51. The van der Waals surface area contributed by atoms with Gasteiger partial charge in [0.05, 0.1) is 5.69 Å². The number of methoxy groups -OCH3 is 1. The first kappa shape index (κ1) is 15.5. The van der Waals surface area contributed by atoms with Gasteiger partial charge >= 0.3 is 0 Å². The molecule has 1 aromatic rings. The van der Waals surface area contributed by atoms with Crippen LogP contribution in [0.4, 0.5) is 10.1 Å². The predicted octanol–water partition coefficient (Wildman–Crippen LogP) is 2.21. The van der Waals surface area contributed by atoms with E-state index in [-0.39, 0.29) is 16.5 Å². The number of hydrogen-bond donors (Lipinski definition) is 2. The molecular weight excluding hydrogens is 267 g/mol. The van der Waals surface area contributed by atoms with Crippen LogP contribution < -0.4 is 11.1 Å². The van der Waals surface area contributed by atoms with Crippen molar-refractivity contribution in [3.63, 3.8) is 0 Å². The van der Waals surface area contributed by atoms with Crippen LogP contribution in [0, 0.1) is 5.82 Å². The Bertz CT molecular complexity index is 501. The molecule has 0 heterocycles. The Morgan fingerprint density at radius 1 is 1.58 bits per heavy atom. The molecule has 1 rings (SSSR count). The molecule has 0 aliphatic rings. The lowest BCUT2D eigenvalue weighted by Gasteiger charge is -2.25. The summed E-state index contributed by atoms with van der Waals surface area (Å²) >= 11 is 4.84. The van der Waals surface area contributed by atoms with E-state index in [9.17, 15) is 9.18 Å². The Kier molecular flexibility index (Phi) is 4.97. The van der Waals surface area contributed by atoms with Crippen molar-refractivity contribution in [1.82, 2.24) is 0 Å². The molecule has 0 saturated carbocycles. The number of amides is 1. The van der Waals surface area contributed by atoms with E-state index >= 15 is 0 Å². The zero-order chi connectivity index (χ0) is 14.6. The number of thiocarbonyl (C=S) groups is 1. The van der Waals surface area contributed by atoms with Crippen LogP contribution in [0.2, 0.25) is 0 Å². The highest BCUT2D eigenvalue weighted by atomic mass is 32.1. The molecule has 0 saturated heterocycles. The fraction of sp³-hybridized carbons (Fsp3) is 0.385. The summed E-state index contributed by atoms with van der Waals surface area (Å²) in [5.41, 5.74) is 5.22. The summed E-state index contributed by atoms with van der Waals surface area (Å²) in [6.07, 6.45) is 0.499. The molecular formula is C13H17FN2O2S. The average molecular weight is 284 g/mol. The first-order valence-electron chi connectivity index (χ1n) is 5.80. The van der Waals surface area contributed by atoms with E-state index in [0.29, 0.717) is 12.1 Å². The largest absolute Gasteiger partial charge is 0.389 e. The molecule has 1 atom stereocenters. The maximum absolute atomic E-state index is 13.2. The molecule has 0 aromatic heterocycles. The molecule has 1 unspecified atom stereocenters. The highest BCUT2D eigenvalue weighted by molar-refractivity contribution is 7.80. The van der Waals surface area contributed by atoms with Crippen molar-refractivity contribution >= 4 is 28.8 Å². The Labute approximate surface area is 117 Å². The summed E-state index contributed by atoms with van der Waals surface area (Å²) in [7, 11) is 1.46. The molecule has 0 aliphatic heterocycles. The van der Waals surface area contributed by atoms with Crippen LogP contribution in [0.25, 0.3) is 0 Å². The van der Waals surface area contributed by atoms with Crippen molar-refractivity contribution in [2.75, 3.05) is 12.4 Å². The van der Waals surface area contributed by atoms with E-state index < -0.39 is 11.4 Å². The Morgan fingerprint density at radius 2 is 2.21 bits per heavy atom. The second kappa shape index (κ2) is 6.08. The van der Waals surface area contributed by atoms with Crippen LogP contribution in [-0.4, -0.2) is 23.6 Å². The molecule has 0 aliphatic carbocycles. The first-order chi connectivity index (χ1) is 8.84. The Morgan fingerprint density at radius 3 is 2.68 bits per heavy atom. The van der Waals surface area contributed by atoms with Gasteiger partial charge in [0, 0.05) is 12.7 Å². The van der Waals surface area contributed by atoms with Gasteiger partial charge in [-0.25, -0.2) is 4.39 Å². The average Bonchev–Trinajstić information content (AvgIpc) is 2.39. The zero-order valence-corrected chi connectivity index (χ0v) is 11.9. The number of hydrogen-bond acceptors (Lipinski definition) is 3. The molecule has 1 amide bonds. The van der Waals surface area contributed by atoms with Gasteiger partial charge < -0.3 is 15.8 Å². The van der Waals surface area contributed by atoms with Gasteiger partial charge in [-0.2, -0.15) is 0 Å². The molecule has 1 aromatic carbocycles. The predicted molar refractivity (Wildman–Crippen MR) is 76.6 cm³/mol. The number of carbonyl (C=O) groups is 1. The lowest BCUT2D eigenvalue weighted by atomic mass is 10.0. The van der Waals surface area contributed by atoms with Crippen molar-refractivity contribution in [1.29, 1.82) is 0 Å². The fourth-order valence-corrected chi connectivity index (χ4v) is 1.65. The van der Waals surface area contributed by atoms with E-state index in [2.05, 4.69) is 5.32 Å². The second-order valence-electron chi connectivity index (χ2n) is 4.30. The molecule has 0 radical (unpaired) electrons. The van der Waals surface area contributed by atoms with E-state index in [1.807, 2.05) is 6.92 Å². The highest BCUT2D eigenvalue weighted by Gasteiger charge is 2.31. The van der Waals surface area contributed by atoms with Crippen LogP contribution in [0.1, 0.15) is 25.8 Å². The summed E-state index contributed by atoms with van der Waals surface area (Å²) in [6, 6.07) is 3.84. The van der Waals surface area contributed by atoms with Gasteiger partial charge in [0.2, 0.25) is 0 Å². The smallest absolute Gasteiger partial charge is 0.256 e. The third-order valence-corrected chi connectivity index (χ3v) is 3.32. The van der Waals surface area contributed by atoms with Gasteiger partial charge in [0.15, 0.2) is 0 Å². The number of ether oxygens (including phenoxy) is 1. The quantitative estimate of drug-likeness (QED) is 0.814. The van der Waals surface area contributed by atoms with Crippen molar-refractivity contribution in [2.24, 2.45) is 5.73 Å². The van der Waals surface area contributed by atoms with Gasteiger partial charge in [-0.15, -0.1) is 0 Å². The molecule has 4 nitrogen and oxygen atoms in total. The molecule has 104 valence electrons.